The van der Waals surface area contributed by atoms with E-state index in [0.29, 0.717) is 6.04 Å². The van der Waals surface area contributed by atoms with Gasteiger partial charge in [-0.25, -0.2) is 0 Å². The van der Waals surface area contributed by atoms with Gasteiger partial charge in [0.25, 0.3) is 0 Å². The molecule has 72 valence electrons. The van der Waals surface area contributed by atoms with Gasteiger partial charge in [-0.15, -0.1) is 5.10 Å². The highest BCUT2D eigenvalue weighted by Crippen LogP contribution is 2.20. The van der Waals surface area contributed by atoms with E-state index < -0.39 is 0 Å². The molecular weight excluding hydrogens is 164 g/mol. The Labute approximate surface area is 78.3 Å². The number of rotatable bonds is 1. The Morgan fingerprint density at radius 2 is 2.38 bits per heavy atom. The molecule has 0 saturated carbocycles. The van der Waals surface area contributed by atoms with Gasteiger partial charge in [-0.05, 0) is 19.4 Å². The summed E-state index contributed by atoms with van der Waals surface area (Å²) in [4.78, 5) is 0. The predicted octanol–water partition coefficient (Wildman–Crippen LogP) is 1.02. The first-order valence-electron chi connectivity index (χ1n) is 4.96. The average molecular weight is 180 g/mol. The number of hydrogen-bond donors (Lipinski definition) is 1. The quantitative estimate of drug-likeness (QED) is 0.701. The maximum absolute atomic E-state index is 3.95. The Morgan fingerprint density at radius 3 is 3.15 bits per heavy atom. The summed E-state index contributed by atoms with van der Waals surface area (Å²) in [5.74, 6) is 0. The van der Waals surface area contributed by atoms with E-state index in [2.05, 4.69) is 15.6 Å². The lowest BCUT2D eigenvalue weighted by Gasteiger charge is -2.14. The highest BCUT2D eigenvalue weighted by atomic mass is 15.4. The van der Waals surface area contributed by atoms with Crippen LogP contribution in [0.3, 0.4) is 0 Å². The number of nitrogens with zero attached hydrogens (tertiary/aromatic N) is 3. The lowest BCUT2D eigenvalue weighted by Crippen LogP contribution is -2.22. The molecule has 4 nitrogen and oxygen atoms in total. The molecule has 1 aliphatic rings. The van der Waals surface area contributed by atoms with Gasteiger partial charge in [0.05, 0.1) is 17.9 Å². The van der Waals surface area contributed by atoms with Crippen molar-refractivity contribution in [3.05, 3.63) is 11.9 Å². The Bertz CT molecular complexity index is 260. The van der Waals surface area contributed by atoms with Crippen molar-refractivity contribution in [3.8, 4) is 0 Å². The van der Waals surface area contributed by atoms with Crippen molar-refractivity contribution < 1.29 is 0 Å². The predicted molar refractivity (Wildman–Crippen MR) is 50.2 cm³/mol. The summed E-state index contributed by atoms with van der Waals surface area (Å²) < 4.78 is 1.86. The summed E-state index contributed by atoms with van der Waals surface area (Å²) >= 11 is 0. The number of aryl methyl sites for hydroxylation is 1. The van der Waals surface area contributed by atoms with Gasteiger partial charge < -0.3 is 5.32 Å². The molecule has 0 aliphatic carbocycles. The van der Waals surface area contributed by atoms with Crippen molar-refractivity contribution in [1.29, 1.82) is 0 Å². The normalized spacial score (nSPS) is 24.2. The summed E-state index contributed by atoms with van der Waals surface area (Å²) in [5.41, 5.74) is 1.21. The summed E-state index contributed by atoms with van der Waals surface area (Å²) in [7, 11) is 1.95. The molecule has 4 heteroatoms. The highest BCUT2D eigenvalue weighted by Gasteiger charge is 2.16. The number of nitrogens with one attached hydrogen (secondary N) is 1. The van der Waals surface area contributed by atoms with Crippen molar-refractivity contribution in [3.63, 3.8) is 0 Å². The molecule has 0 spiro atoms. The first-order chi connectivity index (χ1) is 6.38. The Balaban J connectivity index is 2.10. The molecule has 1 fully saturated rings. The maximum atomic E-state index is 3.95. The van der Waals surface area contributed by atoms with Crippen molar-refractivity contribution in [2.24, 2.45) is 7.05 Å². The zero-order chi connectivity index (χ0) is 9.10. The molecule has 1 atom stereocenters. The maximum Gasteiger partial charge on any atom is 0.0753 e. The van der Waals surface area contributed by atoms with E-state index in [1.54, 1.807) is 0 Å². The molecule has 0 amide bonds. The van der Waals surface area contributed by atoms with E-state index >= 15 is 0 Å². The van der Waals surface area contributed by atoms with Crippen LogP contribution in [0.5, 0.6) is 0 Å². The summed E-state index contributed by atoms with van der Waals surface area (Å²) in [6.07, 6.45) is 7.02. The van der Waals surface area contributed by atoms with Crippen LogP contribution in [0, 0.1) is 0 Å². The topological polar surface area (TPSA) is 42.7 Å². The summed E-state index contributed by atoms with van der Waals surface area (Å²) in [6.45, 7) is 1.12. The first-order valence-corrected chi connectivity index (χ1v) is 4.96. The smallest absolute Gasteiger partial charge is 0.0753 e. The van der Waals surface area contributed by atoms with Crippen LogP contribution in [-0.2, 0) is 7.05 Å². The Morgan fingerprint density at radius 1 is 1.46 bits per heavy atom. The average Bonchev–Trinajstić information content (AvgIpc) is 2.43. The molecule has 0 radical (unpaired) electrons. The van der Waals surface area contributed by atoms with Crippen LogP contribution in [0.4, 0.5) is 0 Å². The molecule has 1 N–H and O–H groups in total. The van der Waals surface area contributed by atoms with Gasteiger partial charge in [-0.3, -0.25) is 4.68 Å². The fourth-order valence-corrected chi connectivity index (χ4v) is 1.89. The second-order valence-corrected chi connectivity index (χ2v) is 3.64. The minimum atomic E-state index is 0.461. The molecule has 1 aliphatic heterocycles. The van der Waals surface area contributed by atoms with Gasteiger partial charge in [0.15, 0.2) is 0 Å². The minimum Gasteiger partial charge on any atom is -0.309 e. The van der Waals surface area contributed by atoms with E-state index in [1.165, 1.54) is 31.4 Å². The molecule has 2 rings (SSSR count). The summed E-state index contributed by atoms with van der Waals surface area (Å²) in [5, 5.41) is 11.4. The van der Waals surface area contributed by atoms with E-state index in [9.17, 15) is 0 Å². The molecule has 2 heterocycles. The van der Waals surface area contributed by atoms with Crippen molar-refractivity contribution in [2.45, 2.75) is 31.7 Å². The lowest BCUT2D eigenvalue weighted by atomic mass is 10.1. The largest absolute Gasteiger partial charge is 0.309 e. The van der Waals surface area contributed by atoms with Crippen LogP contribution >= 0.6 is 0 Å². The second kappa shape index (κ2) is 3.87. The Kier molecular flexibility index (Phi) is 2.59. The van der Waals surface area contributed by atoms with Gasteiger partial charge in [-0.2, -0.15) is 0 Å². The fraction of sp³-hybridized carbons (Fsp3) is 0.778. The third-order valence-electron chi connectivity index (χ3n) is 2.67. The minimum absolute atomic E-state index is 0.461. The van der Waals surface area contributed by atoms with Crippen LogP contribution in [0.15, 0.2) is 6.20 Å². The van der Waals surface area contributed by atoms with Crippen LogP contribution < -0.4 is 5.32 Å². The fourth-order valence-electron chi connectivity index (χ4n) is 1.89. The van der Waals surface area contributed by atoms with Crippen LogP contribution in [0.25, 0.3) is 0 Å². The van der Waals surface area contributed by atoms with Gasteiger partial charge in [0.1, 0.15) is 0 Å². The zero-order valence-corrected chi connectivity index (χ0v) is 8.03. The second-order valence-electron chi connectivity index (χ2n) is 3.64. The summed E-state index contributed by atoms with van der Waals surface area (Å²) in [6, 6.07) is 0.461. The van der Waals surface area contributed by atoms with E-state index in [0.717, 1.165) is 6.54 Å². The van der Waals surface area contributed by atoms with Crippen molar-refractivity contribution >= 4 is 0 Å². The molecule has 1 saturated heterocycles. The Hall–Kier alpha value is -0.900. The van der Waals surface area contributed by atoms with Gasteiger partial charge in [-0.1, -0.05) is 18.1 Å². The number of aromatic nitrogens is 3. The van der Waals surface area contributed by atoms with Crippen LogP contribution in [0.2, 0.25) is 0 Å². The zero-order valence-electron chi connectivity index (χ0n) is 8.03. The van der Waals surface area contributed by atoms with Gasteiger partial charge >= 0.3 is 0 Å². The van der Waals surface area contributed by atoms with Crippen LogP contribution in [-0.4, -0.2) is 21.5 Å². The third-order valence-corrected chi connectivity index (χ3v) is 2.67. The van der Waals surface area contributed by atoms with Crippen LogP contribution in [0.1, 0.15) is 37.4 Å². The SMILES string of the molecule is Cn1nncc1C1CCCCCN1. The monoisotopic (exact) mass is 180 g/mol. The highest BCUT2D eigenvalue weighted by molar-refractivity contribution is 5.02. The van der Waals surface area contributed by atoms with Gasteiger partial charge in [0.2, 0.25) is 0 Å². The standard InChI is InChI=1S/C9H16N4/c1-13-9(7-11-12-13)8-5-3-2-4-6-10-8/h7-8,10H,2-6H2,1H3. The van der Waals surface area contributed by atoms with E-state index in [-0.39, 0.29) is 0 Å². The molecule has 0 bridgehead atoms. The van der Waals surface area contributed by atoms with E-state index in [1.807, 2.05) is 17.9 Å². The molecule has 1 aromatic heterocycles. The molecular formula is C9H16N4. The van der Waals surface area contributed by atoms with Gasteiger partial charge in [0, 0.05) is 7.05 Å². The molecule has 0 aromatic carbocycles. The molecule has 13 heavy (non-hydrogen) atoms. The van der Waals surface area contributed by atoms with Crippen molar-refractivity contribution in [1.82, 2.24) is 20.3 Å². The molecule has 1 unspecified atom stereocenters. The van der Waals surface area contributed by atoms with E-state index in [4.69, 9.17) is 0 Å². The van der Waals surface area contributed by atoms with Crippen molar-refractivity contribution in [2.75, 3.05) is 6.54 Å². The molecule has 1 aromatic rings. The first kappa shape index (κ1) is 8.69. The number of hydrogen-bond acceptors (Lipinski definition) is 3. The lowest BCUT2D eigenvalue weighted by molar-refractivity contribution is 0.494. The third kappa shape index (κ3) is 1.88.